The van der Waals surface area contributed by atoms with E-state index >= 15 is 0 Å². The molecule has 2 N–H and O–H groups in total. The summed E-state index contributed by atoms with van der Waals surface area (Å²) >= 11 is 0. The number of nitrogens with one attached hydrogen (secondary N) is 2. The minimum Gasteiger partial charge on any atom is -0.454 e. The highest BCUT2D eigenvalue weighted by molar-refractivity contribution is 5.95. The van der Waals surface area contributed by atoms with Gasteiger partial charge < -0.3 is 19.8 Å². The second-order valence-corrected chi connectivity index (χ2v) is 6.08. The van der Waals surface area contributed by atoms with Crippen molar-refractivity contribution in [1.82, 2.24) is 15.0 Å². The van der Waals surface area contributed by atoms with Crippen LogP contribution in [0.4, 0.5) is 5.82 Å². The molecule has 0 fully saturated rings. The van der Waals surface area contributed by atoms with Crippen molar-refractivity contribution in [3.8, 4) is 22.6 Å². The normalized spacial score (nSPS) is 12.5. The number of aromatic nitrogens is 3. The second kappa shape index (κ2) is 6.07. The Morgan fingerprint density at radius 3 is 2.96 bits per heavy atom. The van der Waals surface area contributed by atoms with Gasteiger partial charge in [-0.05, 0) is 47.0 Å². The minimum absolute atomic E-state index is 0.270. The summed E-state index contributed by atoms with van der Waals surface area (Å²) in [5, 5.41) is 4.44. The third-order valence-electron chi connectivity index (χ3n) is 4.41. The largest absolute Gasteiger partial charge is 0.454 e. The van der Waals surface area contributed by atoms with Crippen LogP contribution in [0.15, 0.2) is 61.1 Å². The van der Waals surface area contributed by atoms with Crippen molar-refractivity contribution in [3.63, 3.8) is 0 Å². The fourth-order valence-electron chi connectivity index (χ4n) is 3.13. The average molecular weight is 344 g/mol. The number of fused-ring (bicyclic) bond motifs is 2. The van der Waals surface area contributed by atoms with Gasteiger partial charge in [0, 0.05) is 30.5 Å². The molecule has 0 saturated carbocycles. The third kappa shape index (κ3) is 2.61. The van der Waals surface area contributed by atoms with E-state index in [-0.39, 0.29) is 6.79 Å². The van der Waals surface area contributed by atoms with Gasteiger partial charge in [0.25, 0.3) is 0 Å². The maximum absolute atomic E-state index is 5.52. The van der Waals surface area contributed by atoms with E-state index in [4.69, 9.17) is 9.47 Å². The molecule has 4 heterocycles. The lowest BCUT2D eigenvalue weighted by Crippen LogP contribution is -2.02. The molecule has 1 aliphatic rings. The Morgan fingerprint density at radius 2 is 2.04 bits per heavy atom. The van der Waals surface area contributed by atoms with Crippen molar-refractivity contribution in [2.45, 2.75) is 6.54 Å². The summed E-state index contributed by atoms with van der Waals surface area (Å²) in [6.45, 7) is 0.931. The first kappa shape index (κ1) is 14.8. The molecule has 0 unspecified atom stereocenters. The molecule has 5 rings (SSSR count). The molecular weight excluding hydrogens is 328 g/mol. The van der Waals surface area contributed by atoms with Crippen LogP contribution in [0.3, 0.4) is 0 Å². The number of pyridine rings is 2. The van der Waals surface area contributed by atoms with Crippen molar-refractivity contribution in [1.29, 1.82) is 0 Å². The van der Waals surface area contributed by atoms with Crippen molar-refractivity contribution < 1.29 is 9.47 Å². The van der Waals surface area contributed by atoms with Crippen LogP contribution in [0.25, 0.3) is 22.2 Å². The van der Waals surface area contributed by atoms with Crippen LogP contribution < -0.4 is 14.8 Å². The number of anilines is 1. The monoisotopic (exact) mass is 344 g/mol. The molecular formula is C20H16N4O2. The zero-order chi connectivity index (χ0) is 17.3. The highest BCUT2D eigenvalue weighted by Crippen LogP contribution is 2.38. The maximum atomic E-state index is 5.52. The van der Waals surface area contributed by atoms with Gasteiger partial charge in [0.15, 0.2) is 11.5 Å². The molecule has 0 aliphatic carbocycles. The van der Waals surface area contributed by atoms with Gasteiger partial charge in [-0.3, -0.25) is 4.98 Å². The van der Waals surface area contributed by atoms with E-state index in [1.165, 1.54) is 0 Å². The summed E-state index contributed by atoms with van der Waals surface area (Å²) in [5.74, 6) is 2.35. The van der Waals surface area contributed by atoms with E-state index in [1.54, 1.807) is 6.20 Å². The molecule has 0 spiro atoms. The van der Waals surface area contributed by atoms with Gasteiger partial charge >= 0.3 is 0 Å². The summed E-state index contributed by atoms with van der Waals surface area (Å²) in [7, 11) is 0. The third-order valence-corrected chi connectivity index (χ3v) is 4.41. The number of aromatic amines is 1. The number of rotatable bonds is 4. The lowest BCUT2D eigenvalue weighted by molar-refractivity contribution is 0.174. The molecule has 0 saturated heterocycles. The molecule has 1 aliphatic heterocycles. The number of benzene rings is 1. The van der Waals surface area contributed by atoms with Gasteiger partial charge in [-0.1, -0.05) is 12.1 Å². The first-order valence-electron chi connectivity index (χ1n) is 8.38. The Morgan fingerprint density at radius 1 is 1.08 bits per heavy atom. The minimum atomic E-state index is 0.270. The molecule has 0 bridgehead atoms. The van der Waals surface area contributed by atoms with Gasteiger partial charge in [-0.2, -0.15) is 0 Å². The Balaban J connectivity index is 1.53. The quantitative estimate of drug-likeness (QED) is 0.586. The molecule has 6 nitrogen and oxygen atoms in total. The molecule has 4 aromatic rings. The van der Waals surface area contributed by atoms with Crippen LogP contribution in [0, 0.1) is 0 Å². The highest BCUT2D eigenvalue weighted by atomic mass is 16.7. The first-order valence-corrected chi connectivity index (χ1v) is 8.38. The SMILES string of the molecule is c1cncc(CNc2cc(-c3ccc4c(c3)OCO4)c3cc[nH]c3n2)c1. The summed E-state index contributed by atoms with van der Waals surface area (Å²) in [6, 6.07) is 14.0. The summed E-state index contributed by atoms with van der Waals surface area (Å²) in [4.78, 5) is 12.0. The smallest absolute Gasteiger partial charge is 0.231 e. The summed E-state index contributed by atoms with van der Waals surface area (Å²) < 4.78 is 10.9. The lowest BCUT2D eigenvalue weighted by atomic mass is 10.0. The van der Waals surface area contributed by atoms with E-state index < -0.39 is 0 Å². The highest BCUT2D eigenvalue weighted by Gasteiger charge is 2.16. The molecule has 0 amide bonds. The van der Waals surface area contributed by atoms with Gasteiger partial charge in [-0.15, -0.1) is 0 Å². The number of hydrogen-bond acceptors (Lipinski definition) is 5. The van der Waals surface area contributed by atoms with Crippen molar-refractivity contribution in [3.05, 3.63) is 66.6 Å². The molecule has 6 heteroatoms. The molecule has 3 aromatic heterocycles. The summed E-state index contributed by atoms with van der Waals surface area (Å²) in [5.41, 5.74) is 4.09. The molecule has 0 atom stereocenters. The topological polar surface area (TPSA) is 72.1 Å². The van der Waals surface area contributed by atoms with E-state index in [1.807, 2.05) is 48.8 Å². The Hall–Kier alpha value is -3.54. The van der Waals surface area contributed by atoms with Gasteiger partial charge in [-0.25, -0.2) is 4.98 Å². The maximum Gasteiger partial charge on any atom is 0.231 e. The van der Waals surface area contributed by atoms with Crippen LogP contribution in [-0.2, 0) is 6.54 Å². The lowest BCUT2D eigenvalue weighted by Gasteiger charge is -2.10. The van der Waals surface area contributed by atoms with Gasteiger partial charge in [0.05, 0.1) is 0 Å². The zero-order valence-corrected chi connectivity index (χ0v) is 13.9. The van der Waals surface area contributed by atoms with Gasteiger partial charge in [0.2, 0.25) is 6.79 Å². The summed E-state index contributed by atoms with van der Waals surface area (Å²) in [6.07, 6.45) is 5.52. The molecule has 1 aromatic carbocycles. The fourth-order valence-corrected chi connectivity index (χ4v) is 3.13. The number of H-pyrrole nitrogens is 1. The van der Waals surface area contributed by atoms with Crippen molar-refractivity contribution in [2.75, 3.05) is 12.1 Å². The predicted molar refractivity (Wildman–Crippen MR) is 99.2 cm³/mol. The zero-order valence-electron chi connectivity index (χ0n) is 13.9. The number of hydrogen-bond donors (Lipinski definition) is 2. The second-order valence-electron chi connectivity index (χ2n) is 6.08. The van der Waals surface area contributed by atoms with Gasteiger partial charge in [0.1, 0.15) is 11.5 Å². The Bertz CT molecular complexity index is 1080. The van der Waals surface area contributed by atoms with E-state index in [2.05, 4.69) is 26.3 Å². The van der Waals surface area contributed by atoms with Crippen LogP contribution in [0.5, 0.6) is 11.5 Å². The van der Waals surface area contributed by atoms with Crippen LogP contribution in [0.1, 0.15) is 5.56 Å². The average Bonchev–Trinajstić information content (AvgIpc) is 3.35. The Kier molecular flexibility index (Phi) is 3.45. The predicted octanol–water partition coefficient (Wildman–Crippen LogP) is 3.97. The molecule has 0 radical (unpaired) electrons. The van der Waals surface area contributed by atoms with E-state index in [0.29, 0.717) is 6.54 Å². The number of nitrogens with zero attached hydrogens (tertiary/aromatic N) is 2. The van der Waals surface area contributed by atoms with E-state index in [9.17, 15) is 0 Å². The molecule has 26 heavy (non-hydrogen) atoms. The van der Waals surface area contributed by atoms with Crippen LogP contribution in [0.2, 0.25) is 0 Å². The van der Waals surface area contributed by atoms with E-state index in [0.717, 1.165) is 45.0 Å². The van der Waals surface area contributed by atoms with Crippen LogP contribution >= 0.6 is 0 Å². The first-order chi connectivity index (χ1) is 12.9. The standard InChI is InChI=1S/C20H16N4O2/c1-2-13(10-21-6-1)11-23-19-9-16(15-5-7-22-20(15)24-19)14-3-4-17-18(8-14)26-12-25-17/h1-10H,11-12H2,(H2,22,23,24). The van der Waals surface area contributed by atoms with Crippen LogP contribution in [-0.4, -0.2) is 21.7 Å². The van der Waals surface area contributed by atoms with Crippen molar-refractivity contribution >= 4 is 16.9 Å². The Labute approximate surface area is 149 Å². The number of ether oxygens (including phenoxy) is 2. The molecule has 128 valence electrons. The van der Waals surface area contributed by atoms with Crippen molar-refractivity contribution in [2.24, 2.45) is 0 Å². The fraction of sp³-hybridized carbons (Fsp3) is 0.100.